The zero-order valence-corrected chi connectivity index (χ0v) is 13.3. The van der Waals surface area contributed by atoms with Gasteiger partial charge in [-0.1, -0.05) is 0 Å². The summed E-state index contributed by atoms with van der Waals surface area (Å²) in [7, 11) is 0. The number of nitrogens with one attached hydrogen (secondary N) is 1. The molecule has 1 heterocycles. The van der Waals surface area contributed by atoms with Crippen LogP contribution in [0, 0.1) is 0 Å². The average molecular weight is 286 g/mol. The van der Waals surface area contributed by atoms with Gasteiger partial charge in [-0.3, -0.25) is 4.90 Å². The molecule has 6 nitrogen and oxygen atoms in total. The highest BCUT2D eigenvalue weighted by Gasteiger charge is 2.35. The summed E-state index contributed by atoms with van der Waals surface area (Å²) in [6.45, 7) is 11.6. The van der Waals surface area contributed by atoms with Gasteiger partial charge in [-0.25, -0.2) is 9.59 Å². The molecule has 1 N–H and O–H groups in total. The van der Waals surface area contributed by atoms with Crippen LogP contribution in [0.4, 0.5) is 9.59 Å². The van der Waals surface area contributed by atoms with Crippen molar-refractivity contribution in [3.8, 4) is 0 Å². The molecule has 0 aromatic carbocycles. The fourth-order valence-corrected chi connectivity index (χ4v) is 1.85. The number of carbonyl (C=O) groups excluding carboxylic acids is 2. The number of nitrogens with zero attached hydrogens (tertiary/aromatic N) is 1. The number of carbonyl (C=O) groups is 2. The molecule has 1 fully saturated rings. The number of alkyl carbamates (subject to hydrolysis) is 1. The van der Waals surface area contributed by atoms with Crippen LogP contribution in [0.15, 0.2) is 0 Å². The summed E-state index contributed by atoms with van der Waals surface area (Å²) in [6, 6.07) is 0. The van der Waals surface area contributed by atoms with Crippen LogP contribution in [0.3, 0.4) is 0 Å². The van der Waals surface area contributed by atoms with Crippen molar-refractivity contribution < 1.29 is 19.1 Å². The predicted octanol–water partition coefficient (Wildman–Crippen LogP) is 2.87. The van der Waals surface area contributed by atoms with Crippen molar-refractivity contribution in [3.05, 3.63) is 0 Å². The van der Waals surface area contributed by atoms with Gasteiger partial charge in [0.05, 0.1) is 0 Å². The number of hydrogen-bond acceptors (Lipinski definition) is 4. The van der Waals surface area contributed by atoms with E-state index in [2.05, 4.69) is 5.32 Å². The molecule has 0 aliphatic carbocycles. The molecule has 116 valence electrons. The molecule has 0 spiro atoms. The maximum absolute atomic E-state index is 12.0. The molecule has 1 unspecified atom stereocenters. The van der Waals surface area contributed by atoms with Crippen LogP contribution < -0.4 is 5.32 Å². The van der Waals surface area contributed by atoms with E-state index in [-0.39, 0.29) is 5.54 Å². The van der Waals surface area contributed by atoms with E-state index in [4.69, 9.17) is 9.47 Å². The molecular formula is C14H26N2O4. The first kappa shape index (κ1) is 16.6. The van der Waals surface area contributed by atoms with E-state index >= 15 is 0 Å². The topological polar surface area (TPSA) is 67.9 Å². The van der Waals surface area contributed by atoms with Gasteiger partial charge in [0.25, 0.3) is 0 Å². The molecule has 20 heavy (non-hydrogen) atoms. The minimum absolute atomic E-state index is 0.369. The Morgan fingerprint density at radius 1 is 1.15 bits per heavy atom. The van der Waals surface area contributed by atoms with Crippen molar-refractivity contribution in [2.45, 2.75) is 71.8 Å². The van der Waals surface area contributed by atoms with E-state index in [1.165, 1.54) is 4.90 Å². The van der Waals surface area contributed by atoms with Crippen molar-refractivity contribution in [1.82, 2.24) is 10.2 Å². The van der Waals surface area contributed by atoms with Crippen LogP contribution in [-0.4, -0.2) is 41.0 Å². The van der Waals surface area contributed by atoms with Gasteiger partial charge in [0.15, 0.2) is 6.23 Å². The first-order valence-electron chi connectivity index (χ1n) is 6.96. The van der Waals surface area contributed by atoms with Gasteiger partial charge in [0.2, 0.25) is 0 Å². The van der Waals surface area contributed by atoms with Gasteiger partial charge < -0.3 is 14.8 Å². The number of amides is 2. The van der Waals surface area contributed by atoms with E-state index in [0.29, 0.717) is 13.0 Å². The summed E-state index contributed by atoms with van der Waals surface area (Å²) in [5, 5.41) is 2.71. The minimum atomic E-state index is -0.558. The maximum Gasteiger partial charge on any atom is 0.413 e. The minimum Gasteiger partial charge on any atom is -0.444 e. The third-order valence-corrected chi connectivity index (χ3v) is 2.55. The summed E-state index contributed by atoms with van der Waals surface area (Å²) < 4.78 is 10.6. The molecule has 0 aromatic heterocycles. The summed E-state index contributed by atoms with van der Waals surface area (Å²) in [5.41, 5.74) is -0.926. The molecule has 0 bridgehead atoms. The molecule has 0 aromatic rings. The second-order valence-corrected chi connectivity index (χ2v) is 7.05. The van der Waals surface area contributed by atoms with Crippen molar-refractivity contribution in [2.24, 2.45) is 0 Å². The average Bonchev–Trinajstić information content (AvgIpc) is 2.59. The molecule has 1 atom stereocenters. The number of rotatable bonds is 1. The van der Waals surface area contributed by atoms with Gasteiger partial charge in [0.1, 0.15) is 5.60 Å². The molecule has 6 heteroatoms. The molecule has 1 rings (SSSR count). The van der Waals surface area contributed by atoms with E-state index in [9.17, 15) is 9.59 Å². The molecule has 1 aliphatic heterocycles. The maximum atomic E-state index is 12.0. The lowest BCUT2D eigenvalue weighted by Crippen LogP contribution is -2.46. The molecule has 1 saturated heterocycles. The SMILES string of the molecule is CC(C)(C)NC(=O)OC1CCCN1C(=O)OC(C)(C)C. The van der Waals surface area contributed by atoms with Crippen molar-refractivity contribution in [3.63, 3.8) is 0 Å². The zero-order valence-electron chi connectivity index (χ0n) is 13.3. The molecule has 2 amide bonds. The Morgan fingerprint density at radius 3 is 2.25 bits per heavy atom. The fraction of sp³-hybridized carbons (Fsp3) is 0.857. The first-order chi connectivity index (χ1) is 8.98. The van der Waals surface area contributed by atoms with Crippen LogP contribution in [0.5, 0.6) is 0 Å². The Kier molecular flexibility index (Phi) is 4.89. The van der Waals surface area contributed by atoms with Gasteiger partial charge in [-0.05, 0) is 48.0 Å². The van der Waals surface area contributed by atoms with Crippen molar-refractivity contribution in [1.29, 1.82) is 0 Å². The van der Waals surface area contributed by atoms with Crippen LogP contribution in [0.1, 0.15) is 54.4 Å². The lowest BCUT2D eigenvalue weighted by molar-refractivity contribution is -0.0209. The Balaban J connectivity index is 2.57. The lowest BCUT2D eigenvalue weighted by Gasteiger charge is -2.29. The quantitative estimate of drug-likeness (QED) is 0.804. The van der Waals surface area contributed by atoms with Gasteiger partial charge in [-0.15, -0.1) is 0 Å². The van der Waals surface area contributed by atoms with E-state index in [0.717, 1.165) is 6.42 Å². The van der Waals surface area contributed by atoms with E-state index in [1.807, 2.05) is 41.5 Å². The number of likely N-dealkylation sites (tertiary alicyclic amines) is 1. The normalized spacial score (nSPS) is 19.7. The van der Waals surface area contributed by atoms with E-state index < -0.39 is 24.0 Å². The van der Waals surface area contributed by atoms with Crippen LogP contribution in [-0.2, 0) is 9.47 Å². The number of hydrogen-bond donors (Lipinski definition) is 1. The van der Waals surface area contributed by atoms with Crippen molar-refractivity contribution in [2.75, 3.05) is 6.54 Å². The molecular weight excluding hydrogens is 260 g/mol. The molecule has 1 aliphatic rings. The largest absolute Gasteiger partial charge is 0.444 e. The number of ether oxygens (including phenoxy) is 2. The molecule has 0 saturated carbocycles. The van der Waals surface area contributed by atoms with Crippen LogP contribution in [0.2, 0.25) is 0 Å². The fourth-order valence-electron chi connectivity index (χ4n) is 1.85. The third-order valence-electron chi connectivity index (χ3n) is 2.55. The van der Waals surface area contributed by atoms with Crippen LogP contribution >= 0.6 is 0 Å². The van der Waals surface area contributed by atoms with Gasteiger partial charge in [-0.2, -0.15) is 0 Å². The predicted molar refractivity (Wildman–Crippen MR) is 75.3 cm³/mol. The van der Waals surface area contributed by atoms with Gasteiger partial charge >= 0.3 is 12.2 Å². The van der Waals surface area contributed by atoms with E-state index in [1.54, 1.807) is 0 Å². The second-order valence-electron chi connectivity index (χ2n) is 7.05. The Labute approximate surface area is 120 Å². The summed E-state index contributed by atoms with van der Waals surface area (Å²) in [4.78, 5) is 25.3. The van der Waals surface area contributed by atoms with Gasteiger partial charge in [0, 0.05) is 18.5 Å². The zero-order chi connectivity index (χ0) is 15.6. The highest BCUT2D eigenvalue weighted by atomic mass is 16.6. The Bertz CT molecular complexity index is 368. The summed E-state index contributed by atoms with van der Waals surface area (Å²) >= 11 is 0. The third kappa shape index (κ3) is 5.67. The first-order valence-corrected chi connectivity index (χ1v) is 6.96. The standard InChI is InChI=1S/C14H26N2O4/c1-13(2,3)15-11(17)19-10-8-7-9-16(10)12(18)20-14(4,5)6/h10H,7-9H2,1-6H3,(H,15,17). The van der Waals surface area contributed by atoms with Crippen LogP contribution in [0.25, 0.3) is 0 Å². The van der Waals surface area contributed by atoms with Crippen molar-refractivity contribution >= 4 is 12.2 Å². The highest BCUT2D eigenvalue weighted by Crippen LogP contribution is 2.21. The summed E-state index contributed by atoms with van der Waals surface area (Å²) in [6.07, 6.45) is -0.0718. The molecule has 0 radical (unpaired) electrons. The summed E-state index contributed by atoms with van der Waals surface area (Å²) in [5.74, 6) is 0. The Morgan fingerprint density at radius 2 is 1.75 bits per heavy atom. The lowest BCUT2D eigenvalue weighted by atomic mass is 10.1. The highest BCUT2D eigenvalue weighted by molar-refractivity contribution is 5.71. The smallest absolute Gasteiger partial charge is 0.413 e. The Hall–Kier alpha value is -1.46. The monoisotopic (exact) mass is 286 g/mol. The second kappa shape index (κ2) is 5.89.